The molecule has 8 rings (SSSR count). The number of amidine groups is 2. The van der Waals surface area contributed by atoms with Crippen molar-refractivity contribution in [3.05, 3.63) is 232 Å². The highest BCUT2D eigenvalue weighted by molar-refractivity contribution is 6.12. The lowest BCUT2D eigenvalue weighted by molar-refractivity contribution is 0.356. The van der Waals surface area contributed by atoms with Crippen LogP contribution in [0.3, 0.4) is 0 Å². The fraction of sp³-hybridized carbons (Fsp3) is 0.203. The number of anilines is 2. The summed E-state index contributed by atoms with van der Waals surface area (Å²) >= 11 is 0. The molecule has 5 heteroatoms. The molecule has 0 fully saturated rings. The molecule has 5 nitrogen and oxygen atoms in total. The maximum Gasteiger partial charge on any atom is 0.161 e. The molecule has 6 aromatic carbocycles. The molecule has 6 aromatic rings. The van der Waals surface area contributed by atoms with Gasteiger partial charge in [-0.3, -0.25) is 4.99 Å². The third kappa shape index (κ3) is 10.1. The van der Waals surface area contributed by atoms with Gasteiger partial charge in [-0.1, -0.05) is 153 Å². The van der Waals surface area contributed by atoms with Crippen LogP contribution in [0.1, 0.15) is 77.1 Å². The highest BCUT2D eigenvalue weighted by Crippen LogP contribution is 2.49. The van der Waals surface area contributed by atoms with Crippen LogP contribution in [0.5, 0.6) is 5.75 Å². The van der Waals surface area contributed by atoms with E-state index in [0.717, 1.165) is 41.2 Å². The van der Waals surface area contributed by atoms with E-state index in [1.807, 2.05) is 73.7 Å². The number of para-hydroxylation sites is 1. The van der Waals surface area contributed by atoms with Gasteiger partial charge in [-0.2, -0.15) is 0 Å². The number of aryl methyl sites for hydroxylation is 3. The van der Waals surface area contributed by atoms with Gasteiger partial charge in [0.25, 0.3) is 0 Å². The number of benzene rings is 6. The van der Waals surface area contributed by atoms with E-state index in [4.69, 9.17) is 14.7 Å². The van der Waals surface area contributed by atoms with Gasteiger partial charge in [-0.05, 0) is 136 Å². The molecule has 0 radical (unpaired) electrons. The summed E-state index contributed by atoms with van der Waals surface area (Å²) in [5, 5.41) is 0. The predicted molar refractivity (Wildman–Crippen MR) is 273 cm³/mol. The van der Waals surface area contributed by atoms with E-state index >= 15 is 0 Å². The van der Waals surface area contributed by atoms with Crippen LogP contribution in [0.4, 0.5) is 11.4 Å². The summed E-state index contributed by atoms with van der Waals surface area (Å²) in [6.45, 7) is 23.5. The Kier molecular flexibility index (Phi) is 14.6. The number of hydrogen-bond acceptors (Lipinski definition) is 3. The molecular weight excluding hydrogens is 781 g/mol. The summed E-state index contributed by atoms with van der Waals surface area (Å²) < 4.78 is 6.38. The molecule has 2 unspecified atom stereocenters. The first-order chi connectivity index (χ1) is 31.1. The molecule has 2 aliphatic rings. The summed E-state index contributed by atoms with van der Waals surface area (Å²) in [5.74, 6) is 4.19. The van der Waals surface area contributed by atoms with Crippen LogP contribution in [0, 0.1) is 40.5 Å². The minimum atomic E-state index is 0.322. The van der Waals surface area contributed by atoms with E-state index in [1.54, 1.807) is 0 Å². The molecule has 0 amide bonds. The van der Waals surface area contributed by atoms with Crippen LogP contribution in [-0.4, -0.2) is 24.9 Å². The quantitative estimate of drug-likeness (QED) is 0.0784. The summed E-state index contributed by atoms with van der Waals surface area (Å²) in [6, 6.07) is 48.1. The Morgan fingerprint density at radius 2 is 1.38 bits per heavy atom. The maximum atomic E-state index is 6.38. The van der Waals surface area contributed by atoms with Crippen LogP contribution in [0.25, 0.3) is 11.1 Å². The molecule has 1 aliphatic carbocycles. The first-order valence-corrected chi connectivity index (χ1v) is 22.3. The van der Waals surface area contributed by atoms with Crippen molar-refractivity contribution in [2.75, 3.05) is 11.4 Å². The molecule has 1 aliphatic heterocycles. The van der Waals surface area contributed by atoms with Gasteiger partial charge < -0.3 is 9.64 Å². The van der Waals surface area contributed by atoms with E-state index < -0.39 is 0 Å². The average Bonchev–Trinajstić information content (AvgIpc) is 3.67. The maximum absolute atomic E-state index is 6.38. The van der Waals surface area contributed by atoms with Crippen molar-refractivity contribution in [3.8, 4) is 16.9 Å². The average molecular weight is 841 g/mol. The Bertz CT molecular complexity index is 2790. The minimum Gasteiger partial charge on any atom is -0.461 e. The van der Waals surface area contributed by atoms with Crippen LogP contribution in [0.2, 0.25) is 0 Å². The monoisotopic (exact) mass is 840 g/mol. The van der Waals surface area contributed by atoms with Gasteiger partial charge in [0.05, 0.1) is 6.54 Å². The van der Waals surface area contributed by atoms with Crippen molar-refractivity contribution in [1.82, 2.24) is 0 Å². The second-order valence-electron chi connectivity index (χ2n) is 16.8. The zero-order valence-electron chi connectivity index (χ0n) is 38.5. The Balaban J connectivity index is 0.000000193. The summed E-state index contributed by atoms with van der Waals surface area (Å²) in [5.41, 5.74) is 16.9. The number of fused-ring (bicyclic) bond motifs is 3. The smallest absolute Gasteiger partial charge is 0.161 e. The second kappa shape index (κ2) is 20.8. The molecule has 0 aromatic heterocycles. The second-order valence-corrected chi connectivity index (χ2v) is 16.8. The van der Waals surface area contributed by atoms with Crippen LogP contribution in [0.15, 0.2) is 202 Å². The van der Waals surface area contributed by atoms with Crippen LogP contribution < -0.4 is 9.64 Å². The summed E-state index contributed by atoms with van der Waals surface area (Å²) in [4.78, 5) is 16.4. The van der Waals surface area contributed by atoms with Gasteiger partial charge >= 0.3 is 0 Å². The Hall–Kier alpha value is -7.11. The molecule has 0 bridgehead atoms. The van der Waals surface area contributed by atoms with Crippen molar-refractivity contribution in [3.63, 3.8) is 0 Å². The van der Waals surface area contributed by atoms with Gasteiger partial charge in [0.2, 0.25) is 0 Å². The van der Waals surface area contributed by atoms with Gasteiger partial charge in [0, 0.05) is 39.7 Å². The Labute approximate surface area is 381 Å². The number of rotatable bonds is 10. The van der Waals surface area contributed by atoms with E-state index in [-0.39, 0.29) is 0 Å². The highest BCUT2D eigenvalue weighted by Gasteiger charge is 2.37. The van der Waals surface area contributed by atoms with E-state index in [1.165, 1.54) is 61.5 Å². The normalized spacial score (nSPS) is 16.1. The number of aliphatic imine (C=N–C) groups is 3. The molecule has 64 heavy (non-hydrogen) atoms. The number of allylic oxidation sites excluding steroid dienone is 5. The molecule has 1 heterocycles. The fourth-order valence-electron chi connectivity index (χ4n) is 8.83. The molecule has 0 saturated carbocycles. The van der Waals surface area contributed by atoms with Gasteiger partial charge in [0.15, 0.2) is 11.7 Å². The molecule has 322 valence electrons. The van der Waals surface area contributed by atoms with Crippen molar-refractivity contribution in [2.24, 2.45) is 20.9 Å². The predicted octanol–water partition coefficient (Wildman–Crippen LogP) is 15.1. The number of hydrogen-bond donors (Lipinski definition) is 0. The zero-order chi connectivity index (χ0) is 45.2. The Morgan fingerprint density at radius 3 is 2.03 bits per heavy atom. The van der Waals surface area contributed by atoms with Crippen molar-refractivity contribution in [2.45, 2.75) is 67.2 Å². The topological polar surface area (TPSA) is 49.5 Å². The summed E-state index contributed by atoms with van der Waals surface area (Å²) in [7, 11) is 0. The van der Waals surface area contributed by atoms with Gasteiger partial charge in [-0.15, -0.1) is 0 Å². The molecule has 0 spiro atoms. The largest absolute Gasteiger partial charge is 0.461 e. The third-order valence-corrected chi connectivity index (χ3v) is 12.2. The lowest BCUT2D eigenvalue weighted by atomic mass is 9.79. The van der Waals surface area contributed by atoms with E-state index in [2.05, 4.69) is 162 Å². The highest BCUT2D eigenvalue weighted by atomic mass is 16.5. The van der Waals surface area contributed by atoms with Crippen molar-refractivity contribution >= 4 is 29.8 Å². The van der Waals surface area contributed by atoms with Gasteiger partial charge in [-0.25, -0.2) is 9.98 Å². The fourth-order valence-corrected chi connectivity index (χ4v) is 8.83. The van der Waals surface area contributed by atoms with Gasteiger partial charge in [0.1, 0.15) is 11.5 Å². The molecule has 2 atom stereocenters. The number of nitrogens with zero attached hydrogens (tertiary/aromatic N) is 4. The van der Waals surface area contributed by atoms with E-state index in [9.17, 15) is 0 Å². The standard InChI is InChI=1S/C30H29N3O.C29H31N/c1-20-14-15-27-25(17-20)26-18-21(2)16-24(28(26)34-27)19-32-30(23-12-8-5-9-13-23)33-29(31-3)22-10-6-4-7-11-22;1-7-13-25(14-8-2)30(28-18-12-10-16-22(28)4)29-20-19-27(23(5)24(29)6)26-17-11-9-15-21(26)3/h4-15,17,21,26H,3,16,18-19H2,1-2H3;7-20H,1H2,2-6H3/b;14-8-,25-13+. The zero-order valence-corrected chi connectivity index (χ0v) is 38.5. The first-order valence-electron chi connectivity index (χ1n) is 22.3. The van der Waals surface area contributed by atoms with Crippen molar-refractivity contribution in [1.29, 1.82) is 0 Å². The van der Waals surface area contributed by atoms with Crippen LogP contribution in [-0.2, 0) is 0 Å². The van der Waals surface area contributed by atoms with Crippen molar-refractivity contribution < 1.29 is 4.74 Å². The Morgan fingerprint density at radius 1 is 0.719 bits per heavy atom. The molecule has 0 N–H and O–H groups in total. The minimum absolute atomic E-state index is 0.322. The molecular formula is C59H60N4O. The number of ether oxygens (including phenoxy) is 1. The van der Waals surface area contributed by atoms with E-state index in [0.29, 0.717) is 30.1 Å². The lowest BCUT2D eigenvalue weighted by Crippen LogP contribution is -2.18. The lowest BCUT2D eigenvalue weighted by Gasteiger charge is -2.30. The SMILES string of the molecule is C=C/C=C(\C=C/C)N(c1ccccc1C)c1ccc(-c2ccccc2C)c(C)c1C.C=NC(=NC(=NCC1=C2Oc3ccc(C)cc3C2CC(C)C1)c1ccccc1)c1ccccc1. The first kappa shape index (κ1) is 44.9. The molecule has 0 saturated heterocycles. The summed E-state index contributed by atoms with van der Waals surface area (Å²) in [6.07, 6.45) is 10.2. The van der Waals surface area contributed by atoms with Crippen LogP contribution >= 0.6 is 0 Å². The third-order valence-electron chi connectivity index (χ3n) is 12.2.